The summed E-state index contributed by atoms with van der Waals surface area (Å²) >= 11 is 0. The van der Waals surface area contributed by atoms with Crippen LogP contribution in [0.15, 0.2) is 18.2 Å². The van der Waals surface area contributed by atoms with Crippen LogP contribution in [0.5, 0.6) is 5.75 Å². The standard InChI is InChI=1S/C13H15NO4/c1-18-10-3-2-8(7-15)11(5-10)12-4-9(6-14-12)13(16)17/h2-3,5,7,9,12,14H,4,6H2,1H3,(H,16,17). The van der Waals surface area contributed by atoms with E-state index in [2.05, 4.69) is 5.32 Å². The zero-order chi connectivity index (χ0) is 13.1. The average Bonchev–Trinajstić information content (AvgIpc) is 2.87. The Hall–Kier alpha value is -1.88. The fraction of sp³-hybridized carbons (Fsp3) is 0.385. The van der Waals surface area contributed by atoms with Crippen molar-refractivity contribution < 1.29 is 19.4 Å². The molecule has 0 saturated carbocycles. The molecule has 0 amide bonds. The fourth-order valence-corrected chi connectivity index (χ4v) is 2.25. The zero-order valence-corrected chi connectivity index (χ0v) is 10.1. The maximum Gasteiger partial charge on any atom is 0.307 e. The van der Waals surface area contributed by atoms with E-state index >= 15 is 0 Å². The third kappa shape index (κ3) is 2.36. The predicted molar refractivity (Wildman–Crippen MR) is 64.9 cm³/mol. The summed E-state index contributed by atoms with van der Waals surface area (Å²) in [6.07, 6.45) is 1.27. The zero-order valence-electron chi connectivity index (χ0n) is 10.1. The van der Waals surface area contributed by atoms with E-state index in [-0.39, 0.29) is 6.04 Å². The Morgan fingerprint density at radius 3 is 2.89 bits per heavy atom. The van der Waals surface area contributed by atoms with Crippen LogP contribution < -0.4 is 10.1 Å². The van der Waals surface area contributed by atoms with Gasteiger partial charge in [0.15, 0.2) is 0 Å². The minimum atomic E-state index is -0.805. The normalized spacial score (nSPS) is 22.7. The van der Waals surface area contributed by atoms with Gasteiger partial charge in [-0.1, -0.05) is 0 Å². The van der Waals surface area contributed by atoms with Gasteiger partial charge in [0, 0.05) is 18.2 Å². The van der Waals surface area contributed by atoms with Gasteiger partial charge in [0.1, 0.15) is 12.0 Å². The van der Waals surface area contributed by atoms with Gasteiger partial charge in [-0.25, -0.2) is 0 Å². The number of ether oxygens (including phenoxy) is 1. The van der Waals surface area contributed by atoms with Crippen molar-refractivity contribution in [3.05, 3.63) is 29.3 Å². The van der Waals surface area contributed by atoms with Crippen LogP contribution in [-0.2, 0) is 4.79 Å². The predicted octanol–water partition coefficient (Wildman–Crippen LogP) is 1.24. The molecule has 5 nitrogen and oxygen atoms in total. The molecule has 1 aliphatic rings. The third-order valence-electron chi connectivity index (χ3n) is 3.28. The molecule has 2 N–H and O–H groups in total. The van der Waals surface area contributed by atoms with Crippen molar-refractivity contribution in [2.24, 2.45) is 5.92 Å². The number of benzene rings is 1. The number of carboxylic acids is 1. The Balaban J connectivity index is 2.27. The highest BCUT2D eigenvalue weighted by Gasteiger charge is 2.31. The molecule has 18 heavy (non-hydrogen) atoms. The number of nitrogens with one attached hydrogen (secondary N) is 1. The smallest absolute Gasteiger partial charge is 0.307 e. The van der Waals surface area contributed by atoms with Gasteiger partial charge in [0.25, 0.3) is 0 Å². The molecule has 96 valence electrons. The van der Waals surface area contributed by atoms with E-state index in [1.807, 2.05) is 0 Å². The Bertz CT molecular complexity index is 472. The fourth-order valence-electron chi connectivity index (χ4n) is 2.25. The molecule has 1 aromatic carbocycles. The first-order chi connectivity index (χ1) is 8.65. The van der Waals surface area contributed by atoms with E-state index in [0.29, 0.717) is 24.3 Å². The molecular formula is C13H15NO4. The summed E-state index contributed by atoms with van der Waals surface area (Å²) in [7, 11) is 1.56. The number of aldehydes is 1. The van der Waals surface area contributed by atoms with Crippen molar-refractivity contribution >= 4 is 12.3 Å². The van der Waals surface area contributed by atoms with E-state index in [1.165, 1.54) is 0 Å². The summed E-state index contributed by atoms with van der Waals surface area (Å²) in [5.74, 6) is -0.544. The van der Waals surface area contributed by atoms with Crippen LogP contribution in [0.25, 0.3) is 0 Å². The summed E-state index contributed by atoms with van der Waals surface area (Å²) in [5.41, 5.74) is 1.37. The number of carbonyl (C=O) groups excluding carboxylic acids is 1. The number of rotatable bonds is 4. The monoisotopic (exact) mass is 249 g/mol. The average molecular weight is 249 g/mol. The summed E-state index contributed by atoms with van der Waals surface area (Å²) in [6, 6.07) is 5.08. The van der Waals surface area contributed by atoms with Gasteiger partial charge in [-0.3, -0.25) is 9.59 Å². The molecule has 2 unspecified atom stereocenters. The molecule has 0 radical (unpaired) electrons. The number of hydrogen-bond donors (Lipinski definition) is 2. The van der Waals surface area contributed by atoms with E-state index in [9.17, 15) is 9.59 Å². The second-order valence-corrected chi connectivity index (χ2v) is 4.34. The van der Waals surface area contributed by atoms with Gasteiger partial charge in [0.05, 0.1) is 13.0 Å². The first-order valence-electron chi connectivity index (χ1n) is 5.75. The molecule has 1 aromatic rings. The minimum absolute atomic E-state index is 0.110. The molecule has 0 aromatic heterocycles. The second kappa shape index (κ2) is 5.18. The van der Waals surface area contributed by atoms with Crippen LogP contribution in [0.3, 0.4) is 0 Å². The van der Waals surface area contributed by atoms with Gasteiger partial charge in [-0.05, 0) is 30.2 Å². The molecule has 0 spiro atoms. The highest BCUT2D eigenvalue weighted by atomic mass is 16.5. The molecule has 1 saturated heterocycles. The summed E-state index contributed by atoms with van der Waals surface area (Å²) in [4.78, 5) is 21.9. The van der Waals surface area contributed by atoms with Gasteiger partial charge >= 0.3 is 5.97 Å². The Morgan fingerprint density at radius 2 is 2.33 bits per heavy atom. The molecule has 0 aliphatic carbocycles. The SMILES string of the molecule is COc1ccc(C=O)c(C2CC(C(=O)O)CN2)c1. The maximum absolute atomic E-state index is 11.0. The first kappa shape index (κ1) is 12.6. The highest BCUT2D eigenvalue weighted by molar-refractivity contribution is 5.78. The van der Waals surface area contributed by atoms with Gasteiger partial charge < -0.3 is 15.2 Å². The molecule has 1 fully saturated rings. The molecule has 5 heteroatoms. The van der Waals surface area contributed by atoms with Crippen molar-refractivity contribution in [1.82, 2.24) is 5.32 Å². The van der Waals surface area contributed by atoms with Crippen molar-refractivity contribution in [2.45, 2.75) is 12.5 Å². The Labute approximate surface area is 105 Å². The molecule has 0 bridgehead atoms. The van der Waals surface area contributed by atoms with E-state index in [0.717, 1.165) is 11.8 Å². The molecule has 1 aliphatic heterocycles. The van der Waals surface area contributed by atoms with E-state index in [4.69, 9.17) is 9.84 Å². The first-order valence-corrected chi connectivity index (χ1v) is 5.75. The van der Waals surface area contributed by atoms with Gasteiger partial charge in [0.2, 0.25) is 0 Å². The minimum Gasteiger partial charge on any atom is -0.497 e. The molecule has 2 atom stereocenters. The van der Waals surface area contributed by atoms with Crippen LogP contribution in [-0.4, -0.2) is 31.0 Å². The number of carbonyl (C=O) groups is 2. The molecule has 2 rings (SSSR count). The Kier molecular flexibility index (Phi) is 3.62. The van der Waals surface area contributed by atoms with Crippen LogP contribution in [0.2, 0.25) is 0 Å². The molecular weight excluding hydrogens is 234 g/mol. The van der Waals surface area contributed by atoms with E-state index in [1.54, 1.807) is 25.3 Å². The lowest BCUT2D eigenvalue weighted by atomic mass is 9.96. The lowest BCUT2D eigenvalue weighted by Crippen LogP contribution is -2.17. The molecule has 1 heterocycles. The van der Waals surface area contributed by atoms with Gasteiger partial charge in [-0.2, -0.15) is 0 Å². The summed E-state index contributed by atoms with van der Waals surface area (Å²) in [6.45, 7) is 0.426. The van der Waals surface area contributed by atoms with Crippen molar-refractivity contribution in [3.63, 3.8) is 0 Å². The third-order valence-corrected chi connectivity index (χ3v) is 3.28. The number of carboxylic acid groups (broad SMARTS) is 1. The largest absolute Gasteiger partial charge is 0.497 e. The van der Waals surface area contributed by atoms with E-state index < -0.39 is 11.9 Å². The quantitative estimate of drug-likeness (QED) is 0.785. The van der Waals surface area contributed by atoms with Crippen LogP contribution in [0, 0.1) is 5.92 Å². The number of aliphatic carboxylic acids is 1. The highest BCUT2D eigenvalue weighted by Crippen LogP contribution is 2.31. The van der Waals surface area contributed by atoms with Crippen molar-refractivity contribution in [1.29, 1.82) is 0 Å². The Morgan fingerprint density at radius 1 is 1.56 bits per heavy atom. The second-order valence-electron chi connectivity index (χ2n) is 4.34. The number of methoxy groups -OCH3 is 1. The van der Waals surface area contributed by atoms with Crippen molar-refractivity contribution in [2.75, 3.05) is 13.7 Å². The van der Waals surface area contributed by atoms with Crippen LogP contribution in [0.1, 0.15) is 28.4 Å². The van der Waals surface area contributed by atoms with Crippen molar-refractivity contribution in [3.8, 4) is 5.75 Å². The summed E-state index contributed by atoms with van der Waals surface area (Å²) in [5, 5.41) is 12.1. The topological polar surface area (TPSA) is 75.6 Å². The lowest BCUT2D eigenvalue weighted by molar-refractivity contribution is -0.141. The maximum atomic E-state index is 11.0. The van der Waals surface area contributed by atoms with Crippen LogP contribution >= 0.6 is 0 Å². The summed E-state index contributed by atoms with van der Waals surface area (Å²) < 4.78 is 5.13. The van der Waals surface area contributed by atoms with Gasteiger partial charge in [-0.15, -0.1) is 0 Å². The lowest BCUT2D eigenvalue weighted by Gasteiger charge is -2.14. The number of hydrogen-bond acceptors (Lipinski definition) is 4. The van der Waals surface area contributed by atoms with Crippen LogP contribution in [0.4, 0.5) is 0 Å².